The molecule has 4 heterocycles. The number of pyridine rings is 1. The molecule has 0 saturated carbocycles. The third-order valence-corrected chi connectivity index (χ3v) is 10.6. The molecule has 5 aromatic carbocycles. The first-order valence-electron chi connectivity index (χ1n) is 18.4. The molecule has 0 bridgehead atoms. The van der Waals surface area contributed by atoms with E-state index in [0.717, 1.165) is 77.8 Å². The van der Waals surface area contributed by atoms with E-state index in [2.05, 4.69) is 144 Å². The van der Waals surface area contributed by atoms with Crippen molar-refractivity contribution in [3.05, 3.63) is 120 Å². The van der Waals surface area contributed by atoms with Crippen molar-refractivity contribution < 1.29 is 4.42 Å². The van der Waals surface area contributed by atoms with Crippen LogP contribution in [-0.2, 0) is 10.8 Å². The molecular weight excluding hydrogens is 637 g/mol. The third-order valence-electron chi connectivity index (χ3n) is 10.6. The van der Waals surface area contributed by atoms with E-state index in [1.165, 1.54) is 21.9 Å². The lowest BCUT2D eigenvalue weighted by Crippen LogP contribution is -2.12. The van der Waals surface area contributed by atoms with Gasteiger partial charge in [-0.1, -0.05) is 84.0 Å². The summed E-state index contributed by atoms with van der Waals surface area (Å²) in [5.41, 5.74) is 13.8. The zero-order valence-corrected chi connectivity index (χ0v) is 31.2. The SMILES string of the molecule is CC(C)n1c(-c2cc(C(C)(C)C)cc3c2[nH]c2ccc(C(C)(C)C)cc23)nc2c(-c3cc(-c4ccccn4)c4c(c3)oc3ccccc34)cccc21. The van der Waals surface area contributed by atoms with Gasteiger partial charge in [-0.05, 0) is 102 Å². The lowest BCUT2D eigenvalue weighted by atomic mass is 9.84. The number of aromatic amines is 1. The third kappa shape index (κ3) is 5.05. The number of H-pyrrole nitrogens is 1. The fourth-order valence-corrected chi connectivity index (χ4v) is 7.87. The summed E-state index contributed by atoms with van der Waals surface area (Å²) < 4.78 is 8.93. The molecule has 9 aromatic rings. The van der Waals surface area contributed by atoms with Crippen LogP contribution in [0.3, 0.4) is 0 Å². The maximum atomic E-state index is 6.52. The van der Waals surface area contributed by atoms with E-state index in [4.69, 9.17) is 14.4 Å². The zero-order valence-electron chi connectivity index (χ0n) is 31.2. The Hall–Kier alpha value is -5.68. The highest BCUT2D eigenvalue weighted by Crippen LogP contribution is 2.44. The Kier molecular flexibility index (Phi) is 7.08. The second kappa shape index (κ2) is 11.4. The van der Waals surface area contributed by atoms with Gasteiger partial charge in [-0.25, -0.2) is 4.98 Å². The molecule has 9 rings (SSSR count). The smallest absolute Gasteiger partial charge is 0.143 e. The number of furan rings is 1. The number of aromatic nitrogens is 4. The van der Waals surface area contributed by atoms with Crippen LogP contribution in [0.4, 0.5) is 0 Å². The van der Waals surface area contributed by atoms with Crippen LogP contribution in [-0.4, -0.2) is 19.5 Å². The second-order valence-corrected chi connectivity index (χ2v) is 16.6. The van der Waals surface area contributed by atoms with Crippen LogP contribution in [0.1, 0.15) is 72.6 Å². The molecular formula is C47H44N4O. The molecule has 0 aliphatic carbocycles. The number of imidazole rings is 1. The molecule has 0 unspecified atom stereocenters. The molecule has 52 heavy (non-hydrogen) atoms. The number of benzene rings is 5. The lowest BCUT2D eigenvalue weighted by molar-refractivity contribution is 0.590. The van der Waals surface area contributed by atoms with Gasteiger partial charge >= 0.3 is 0 Å². The molecule has 0 saturated heterocycles. The molecule has 0 fully saturated rings. The highest BCUT2D eigenvalue weighted by molar-refractivity contribution is 6.15. The van der Waals surface area contributed by atoms with E-state index in [0.29, 0.717) is 0 Å². The average molecular weight is 681 g/mol. The van der Waals surface area contributed by atoms with Gasteiger partial charge in [0.1, 0.15) is 17.0 Å². The minimum absolute atomic E-state index is 0.0477. The zero-order chi connectivity index (χ0) is 36.1. The summed E-state index contributed by atoms with van der Waals surface area (Å²) in [4.78, 5) is 14.2. The van der Waals surface area contributed by atoms with Crippen molar-refractivity contribution in [1.82, 2.24) is 19.5 Å². The number of hydrogen-bond donors (Lipinski definition) is 1. The van der Waals surface area contributed by atoms with Crippen LogP contribution >= 0.6 is 0 Å². The van der Waals surface area contributed by atoms with Crippen molar-refractivity contribution in [2.45, 2.75) is 72.3 Å². The van der Waals surface area contributed by atoms with Crippen LogP contribution in [0, 0.1) is 0 Å². The van der Waals surface area contributed by atoms with Crippen molar-refractivity contribution in [3.8, 4) is 33.8 Å². The molecule has 0 spiro atoms. The first-order chi connectivity index (χ1) is 24.9. The van der Waals surface area contributed by atoms with Gasteiger partial charge < -0.3 is 14.0 Å². The average Bonchev–Trinajstić information content (AvgIpc) is 3.81. The molecule has 4 aromatic heterocycles. The van der Waals surface area contributed by atoms with Crippen molar-refractivity contribution >= 4 is 54.8 Å². The van der Waals surface area contributed by atoms with E-state index < -0.39 is 0 Å². The molecule has 1 N–H and O–H groups in total. The summed E-state index contributed by atoms with van der Waals surface area (Å²) in [6.07, 6.45) is 1.85. The second-order valence-electron chi connectivity index (χ2n) is 16.6. The highest BCUT2D eigenvalue weighted by atomic mass is 16.3. The fraction of sp³-hybridized carbons (Fsp3) is 0.234. The van der Waals surface area contributed by atoms with E-state index in [9.17, 15) is 0 Å². The van der Waals surface area contributed by atoms with Crippen molar-refractivity contribution in [1.29, 1.82) is 0 Å². The Balaban J connectivity index is 1.34. The molecule has 0 radical (unpaired) electrons. The minimum Gasteiger partial charge on any atom is -0.456 e. The Morgan fingerprint density at radius 1 is 0.654 bits per heavy atom. The number of fused-ring (bicyclic) bond motifs is 7. The maximum Gasteiger partial charge on any atom is 0.143 e. The summed E-state index contributed by atoms with van der Waals surface area (Å²) in [6, 6.07) is 37.1. The van der Waals surface area contributed by atoms with Gasteiger partial charge in [0.25, 0.3) is 0 Å². The van der Waals surface area contributed by atoms with Gasteiger partial charge in [0.15, 0.2) is 0 Å². The van der Waals surface area contributed by atoms with E-state index in [1.54, 1.807) is 0 Å². The fourth-order valence-electron chi connectivity index (χ4n) is 7.87. The summed E-state index contributed by atoms with van der Waals surface area (Å²) in [6.45, 7) is 18.2. The Morgan fingerprint density at radius 2 is 1.42 bits per heavy atom. The summed E-state index contributed by atoms with van der Waals surface area (Å²) in [5, 5.41) is 4.66. The van der Waals surface area contributed by atoms with E-state index in [1.807, 2.05) is 30.5 Å². The van der Waals surface area contributed by atoms with Crippen LogP contribution < -0.4 is 0 Å². The molecule has 0 aliphatic heterocycles. The predicted octanol–water partition coefficient (Wildman–Crippen LogP) is 13.1. The normalized spacial score (nSPS) is 12.8. The summed E-state index contributed by atoms with van der Waals surface area (Å²) in [7, 11) is 0. The van der Waals surface area contributed by atoms with Crippen LogP contribution in [0.25, 0.3) is 88.5 Å². The molecule has 5 heteroatoms. The standard InChI is InChI=1S/C47H44N4O/c1-27(2)51-39-17-13-15-31(28-22-35(37-16-11-12-21-48-37)42-32-14-9-10-18-40(32)52-41(42)23-28)44(39)50-45(51)36-26-30(47(6,7)8)25-34-33-24-29(46(3,4)5)19-20-38(33)49-43(34)36/h9-27,49H,1-8H3. The first kappa shape index (κ1) is 32.2. The van der Waals surface area contributed by atoms with Crippen LogP contribution in [0.5, 0.6) is 0 Å². The lowest BCUT2D eigenvalue weighted by Gasteiger charge is -2.22. The van der Waals surface area contributed by atoms with Crippen LogP contribution in [0.15, 0.2) is 114 Å². The van der Waals surface area contributed by atoms with Crippen molar-refractivity contribution in [2.75, 3.05) is 0 Å². The number of nitrogens with zero attached hydrogens (tertiary/aromatic N) is 3. The van der Waals surface area contributed by atoms with Gasteiger partial charge in [-0.2, -0.15) is 0 Å². The van der Waals surface area contributed by atoms with Crippen LogP contribution in [0.2, 0.25) is 0 Å². The molecule has 258 valence electrons. The maximum absolute atomic E-state index is 6.52. The Labute approximate surface area is 304 Å². The molecule has 0 atom stereocenters. The minimum atomic E-state index is -0.0577. The van der Waals surface area contributed by atoms with Crippen molar-refractivity contribution in [3.63, 3.8) is 0 Å². The van der Waals surface area contributed by atoms with Gasteiger partial charge in [-0.3, -0.25) is 4.98 Å². The van der Waals surface area contributed by atoms with Crippen molar-refractivity contribution in [2.24, 2.45) is 0 Å². The Bertz CT molecular complexity index is 2830. The quantitative estimate of drug-likeness (QED) is 0.201. The highest BCUT2D eigenvalue weighted by Gasteiger charge is 2.26. The predicted molar refractivity (Wildman–Crippen MR) is 218 cm³/mol. The van der Waals surface area contributed by atoms with E-state index >= 15 is 0 Å². The number of hydrogen-bond acceptors (Lipinski definition) is 3. The van der Waals surface area contributed by atoms with Gasteiger partial charge in [0.05, 0.1) is 22.2 Å². The first-order valence-corrected chi connectivity index (χ1v) is 18.4. The summed E-state index contributed by atoms with van der Waals surface area (Å²) >= 11 is 0. The topological polar surface area (TPSA) is 59.6 Å². The van der Waals surface area contributed by atoms with E-state index in [-0.39, 0.29) is 16.9 Å². The van der Waals surface area contributed by atoms with Gasteiger partial charge in [0, 0.05) is 56.0 Å². The molecule has 0 amide bonds. The Morgan fingerprint density at radius 3 is 2.17 bits per heavy atom. The monoisotopic (exact) mass is 680 g/mol. The van der Waals surface area contributed by atoms with Gasteiger partial charge in [0.2, 0.25) is 0 Å². The molecule has 5 nitrogen and oxygen atoms in total. The molecule has 0 aliphatic rings. The number of nitrogens with one attached hydrogen (secondary N) is 1. The summed E-state index contributed by atoms with van der Waals surface area (Å²) in [5.74, 6) is 0.964. The van der Waals surface area contributed by atoms with Gasteiger partial charge in [-0.15, -0.1) is 0 Å². The number of rotatable bonds is 4. The number of para-hydroxylation sites is 2. The largest absolute Gasteiger partial charge is 0.456 e.